The molecule has 1 fully saturated rings. The van der Waals surface area contributed by atoms with Crippen molar-refractivity contribution in [3.8, 4) is 0 Å². The van der Waals surface area contributed by atoms with Crippen LogP contribution in [-0.2, 0) is 22.4 Å². The lowest BCUT2D eigenvalue weighted by Crippen LogP contribution is -2.26. The molecule has 0 aliphatic carbocycles. The minimum atomic E-state index is -0.870. The van der Waals surface area contributed by atoms with Gasteiger partial charge < -0.3 is 15.2 Å². The van der Waals surface area contributed by atoms with E-state index in [1.165, 1.54) is 11.3 Å². The molecule has 5 nitrogen and oxygen atoms in total. The smallest absolute Gasteiger partial charge is 0.309 e. The third-order valence-corrected chi connectivity index (χ3v) is 5.71. The minimum absolute atomic E-state index is 0.0495. The Balaban J connectivity index is 1.79. The van der Waals surface area contributed by atoms with Gasteiger partial charge in [0.1, 0.15) is 0 Å². The van der Waals surface area contributed by atoms with E-state index in [2.05, 4.69) is 10.3 Å². The predicted molar refractivity (Wildman–Crippen MR) is 98.7 cm³/mol. The number of rotatable bonds is 5. The molecule has 1 aromatic heterocycles. The molecule has 1 saturated heterocycles. The largest absolute Gasteiger partial charge is 0.481 e. The molecular weight excluding hydrogens is 383 g/mol. The number of benzene rings is 1. The molecule has 0 spiro atoms. The summed E-state index contributed by atoms with van der Waals surface area (Å²) in [6.07, 6.45) is 0.547. The zero-order valence-electron chi connectivity index (χ0n) is 13.4. The monoisotopic (exact) mass is 400 g/mol. The summed E-state index contributed by atoms with van der Waals surface area (Å²) in [7, 11) is 0. The first-order chi connectivity index (χ1) is 12.0. The van der Waals surface area contributed by atoms with Crippen LogP contribution in [0.25, 0.3) is 0 Å². The van der Waals surface area contributed by atoms with Crippen LogP contribution in [0.3, 0.4) is 0 Å². The highest BCUT2D eigenvalue weighted by Crippen LogP contribution is 2.34. The van der Waals surface area contributed by atoms with Crippen molar-refractivity contribution in [3.63, 3.8) is 0 Å². The molecule has 2 atom stereocenters. The molecule has 1 aromatic carbocycles. The molecule has 2 aromatic rings. The van der Waals surface area contributed by atoms with Crippen LogP contribution in [0.1, 0.15) is 22.4 Å². The lowest BCUT2D eigenvalue weighted by molar-refractivity contribution is -0.136. The number of carboxylic acids is 1. The van der Waals surface area contributed by atoms with Crippen molar-refractivity contribution in [2.75, 3.05) is 19.7 Å². The summed E-state index contributed by atoms with van der Waals surface area (Å²) in [5, 5.41) is 16.0. The highest BCUT2D eigenvalue weighted by atomic mass is 35.5. The number of halogens is 2. The third kappa shape index (κ3) is 4.92. The highest BCUT2D eigenvalue weighted by Gasteiger charge is 2.27. The Morgan fingerprint density at radius 2 is 2.24 bits per heavy atom. The molecule has 1 aliphatic rings. The van der Waals surface area contributed by atoms with Crippen molar-refractivity contribution in [1.82, 2.24) is 10.3 Å². The Morgan fingerprint density at radius 1 is 1.40 bits per heavy atom. The Hall–Kier alpha value is -1.18. The Morgan fingerprint density at radius 3 is 3.00 bits per heavy atom. The summed E-state index contributed by atoms with van der Waals surface area (Å²) < 4.78 is 6.06. The van der Waals surface area contributed by atoms with Crippen LogP contribution in [-0.4, -0.2) is 35.8 Å². The summed E-state index contributed by atoms with van der Waals surface area (Å²) in [5.74, 6) is -0.700. The van der Waals surface area contributed by atoms with Gasteiger partial charge in [0.05, 0.1) is 39.9 Å². The molecule has 0 saturated carbocycles. The van der Waals surface area contributed by atoms with Gasteiger partial charge in [-0.05, 0) is 17.7 Å². The summed E-state index contributed by atoms with van der Waals surface area (Å²) in [6, 6.07) is 5.58. The number of nitrogens with one attached hydrogen (secondary N) is 1. The van der Waals surface area contributed by atoms with Crippen LogP contribution in [0.4, 0.5) is 0 Å². The zero-order chi connectivity index (χ0) is 17.8. The van der Waals surface area contributed by atoms with E-state index in [9.17, 15) is 4.79 Å². The number of ether oxygens (including phenoxy) is 1. The van der Waals surface area contributed by atoms with Crippen molar-refractivity contribution in [2.24, 2.45) is 5.92 Å². The summed E-state index contributed by atoms with van der Waals surface area (Å²) in [5.41, 5.74) is 1.59. The van der Waals surface area contributed by atoms with Crippen molar-refractivity contribution >= 4 is 40.5 Å². The highest BCUT2D eigenvalue weighted by molar-refractivity contribution is 7.09. The van der Waals surface area contributed by atoms with E-state index in [0.29, 0.717) is 28.8 Å². The number of aromatic nitrogens is 1. The average Bonchev–Trinajstić information content (AvgIpc) is 2.85. The molecule has 134 valence electrons. The van der Waals surface area contributed by atoms with Gasteiger partial charge >= 0.3 is 5.97 Å². The number of aliphatic carboxylic acids is 1. The van der Waals surface area contributed by atoms with E-state index >= 15 is 0 Å². The normalized spacial score (nSPS) is 21.0. The average molecular weight is 401 g/mol. The van der Waals surface area contributed by atoms with Gasteiger partial charge in [-0.25, -0.2) is 4.98 Å². The lowest BCUT2D eigenvalue weighted by Gasteiger charge is -2.24. The van der Waals surface area contributed by atoms with E-state index < -0.39 is 5.97 Å². The van der Waals surface area contributed by atoms with E-state index in [1.54, 1.807) is 6.07 Å². The van der Waals surface area contributed by atoms with Gasteiger partial charge in [-0.15, -0.1) is 11.3 Å². The number of carboxylic acid groups (broad SMARTS) is 1. The molecular formula is C17H18Cl2N2O3S. The summed E-state index contributed by atoms with van der Waals surface area (Å²) in [4.78, 5) is 15.3. The standard InChI is InChI=1S/C17H18Cl2N2O3S/c18-13-2-1-10(5-14(13)19)17-11(8-20-3-4-24-17)6-15-21-12(9-25-15)7-16(22)23/h1-2,5,9,11,17,20H,3-4,6-8H2,(H,22,23)/t11-,17+/m1/s1. The first kappa shape index (κ1) is 18.6. The molecule has 2 N–H and O–H groups in total. The zero-order valence-corrected chi connectivity index (χ0v) is 15.7. The van der Waals surface area contributed by atoms with Crippen molar-refractivity contribution in [1.29, 1.82) is 0 Å². The Labute approximate surface area is 159 Å². The number of hydrogen-bond acceptors (Lipinski definition) is 5. The Kier molecular flexibility index (Phi) is 6.30. The van der Waals surface area contributed by atoms with E-state index in [0.717, 1.165) is 23.7 Å². The van der Waals surface area contributed by atoms with Crippen LogP contribution >= 0.6 is 34.5 Å². The quantitative estimate of drug-likeness (QED) is 0.801. The van der Waals surface area contributed by atoms with Gasteiger partial charge in [0, 0.05) is 30.8 Å². The second kappa shape index (κ2) is 8.47. The van der Waals surface area contributed by atoms with Crippen molar-refractivity contribution in [3.05, 3.63) is 49.9 Å². The van der Waals surface area contributed by atoms with Gasteiger partial charge in [0.15, 0.2) is 0 Å². The molecule has 0 unspecified atom stereocenters. The number of nitrogens with zero attached hydrogens (tertiary/aromatic N) is 1. The van der Waals surface area contributed by atoms with Gasteiger partial charge in [0.2, 0.25) is 0 Å². The van der Waals surface area contributed by atoms with Crippen LogP contribution < -0.4 is 5.32 Å². The van der Waals surface area contributed by atoms with Crippen LogP contribution in [0.2, 0.25) is 10.0 Å². The fourth-order valence-corrected chi connectivity index (χ4v) is 4.12. The van der Waals surface area contributed by atoms with E-state index in [-0.39, 0.29) is 18.4 Å². The van der Waals surface area contributed by atoms with Crippen molar-refractivity contribution < 1.29 is 14.6 Å². The minimum Gasteiger partial charge on any atom is -0.481 e. The van der Waals surface area contributed by atoms with E-state index in [1.807, 2.05) is 17.5 Å². The predicted octanol–water partition coefficient (Wildman–Crippen LogP) is 3.60. The maximum atomic E-state index is 10.8. The first-order valence-corrected chi connectivity index (χ1v) is 9.59. The first-order valence-electron chi connectivity index (χ1n) is 7.95. The maximum absolute atomic E-state index is 10.8. The summed E-state index contributed by atoms with van der Waals surface area (Å²) >= 11 is 13.7. The van der Waals surface area contributed by atoms with Gasteiger partial charge in [-0.3, -0.25) is 4.79 Å². The molecule has 3 rings (SSSR count). The van der Waals surface area contributed by atoms with E-state index in [4.69, 9.17) is 33.0 Å². The fraction of sp³-hybridized carbons (Fsp3) is 0.412. The second-order valence-corrected chi connectivity index (χ2v) is 7.69. The second-order valence-electron chi connectivity index (χ2n) is 5.94. The topological polar surface area (TPSA) is 71.5 Å². The van der Waals surface area contributed by atoms with Gasteiger partial charge in [-0.2, -0.15) is 0 Å². The molecule has 2 heterocycles. The molecule has 0 radical (unpaired) electrons. The van der Waals surface area contributed by atoms with Gasteiger partial charge in [-0.1, -0.05) is 29.3 Å². The molecule has 1 aliphatic heterocycles. The van der Waals surface area contributed by atoms with Crippen molar-refractivity contribution in [2.45, 2.75) is 18.9 Å². The lowest BCUT2D eigenvalue weighted by atomic mass is 9.93. The van der Waals surface area contributed by atoms with Gasteiger partial charge in [0.25, 0.3) is 0 Å². The fourth-order valence-electron chi connectivity index (χ4n) is 2.93. The van der Waals surface area contributed by atoms with Crippen LogP contribution in [0, 0.1) is 5.92 Å². The molecule has 25 heavy (non-hydrogen) atoms. The SMILES string of the molecule is O=C(O)Cc1csc(C[C@@H]2CNCCO[C@H]2c2ccc(Cl)c(Cl)c2)n1. The Bertz CT molecular complexity index is 753. The van der Waals surface area contributed by atoms with Crippen LogP contribution in [0.5, 0.6) is 0 Å². The third-order valence-electron chi connectivity index (χ3n) is 4.05. The summed E-state index contributed by atoms with van der Waals surface area (Å²) in [6.45, 7) is 2.19. The molecule has 0 amide bonds. The number of carbonyl (C=O) groups is 1. The van der Waals surface area contributed by atoms with Crippen LogP contribution in [0.15, 0.2) is 23.6 Å². The number of hydrogen-bond donors (Lipinski definition) is 2. The molecule has 8 heteroatoms. The molecule has 0 bridgehead atoms. The number of thiazole rings is 1. The maximum Gasteiger partial charge on any atom is 0.309 e.